The zero-order chi connectivity index (χ0) is 29.3. The number of carboxylic acids is 1. The monoisotopic (exact) mass is 582 g/mol. The largest absolute Gasteiger partial charge is 0.494 e. The molecule has 218 valence electrons. The number of unbranched alkanes of at least 4 members (excludes halogenated alkanes) is 1. The molecule has 3 aromatic carbocycles. The number of rotatable bonds is 11. The molecule has 2 unspecified atom stereocenters. The van der Waals surface area contributed by atoms with Gasteiger partial charge in [0.15, 0.2) is 0 Å². The predicted molar refractivity (Wildman–Crippen MR) is 154 cm³/mol. The Balaban J connectivity index is 1.33. The molecule has 0 saturated carbocycles. The van der Waals surface area contributed by atoms with Crippen LogP contribution >= 0.6 is 0 Å². The van der Waals surface area contributed by atoms with Gasteiger partial charge in [-0.1, -0.05) is 12.1 Å². The van der Waals surface area contributed by atoms with E-state index >= 15 is 4.39 Å². The molecule has 0 bridgehead atoms. The fourth-order valence-corrected chi connectivity index (χ4v) is 6.72. The van der Waals surface area contributed by atoms with Gasteiger partial charge in [-0.2, -0.15) is 0 Å². The summed E-state index contributed by atoms with van der Waals surface area (Å²) < 4.78 is 55.8. The highest BCUT2D eigenvalue weighted by atomic mass is 32.2. The summed E-state index contributed by atoms with van der Waals surface area (Å²) >= 11 is 0. The van der Waals surface area contributed by atoms with E-state index in [4.69, 9.17) is 19.3 Å². The van der Waals surface area contributed by atoms with E-state index < -0.39 is 21.9 Å². The predicted octanol–water partition coefficient (Wildman–Crippen LogP) is 6.33. The molecule has 1 aliphatic carbocycles. The van der Waals surface area contributed by atoms with E-state index in [1.54, 1.807) is 12.1 Å². The van der Waals surface area contributed by atoms with Crippen LogP contribution in [0.3, 0.4) is 0 Å². The first-order valence-corrected chi connectivity index (χ1v) is 15.9. The second kappa shape index (κ2) is 11.7. The highest BCUT2D eigenvalue weighted by Crippen LogP contribution is 2.45. The topological polar surface area (TPSA) is 99.1 Å². The van der Waals surface area contributed by atoms with Crippen molar-refractivity contribution in [3.8, 4) is 28.4 Å². The van der Waals surface area contributed by atoms with Crippen molar-refractivity contribution in [3.05, 3.63) is 76.1 Å². The van der Waals surface area contributed by atoms with Gasteiger partial charge in [-0.25, -0.2) is 12.8 Å². The third kappa shape index (κ3) is 6.50. The van der Waals surface area contributed by atoms with Gasteiger partial charge in [0.1, 0.15) is 39.0 Å². The molecule has 1 heterocycles. The lowest BCUT2D eigenvalue weighted by molar-refractivity contribution is -0.137. The molecule has 41 heavy (non-hydrogen) atoms. The number of benzene rings is 3. The van der Waals surface area contributed by atoms with Crippen molar-refractivity contribution >= 4 is 15.8 Å². The number of carbonyl (C=O) groups is 1. The molecule has 9 heteroatoms. The van der Waals surface area contributed by atoms with Crippen LogP contribution in [0, 0.1) is 19.7 Å². The van der Waals surface area contributed by atoms with Gasteiger partial charge < -0.3 is 19.3 Å². The smallest absolute Gasteiger partial charge is 0.304 e. The van der Waals surface area contributed by atoms with E-state index in [2.05, 4.69) is 0 Å². The molecular weight excluding hydrogens is 547 g/mol. The average Bonchev–Trinajstić information content (AvgIpc) is 3.48. The zero-order valence-electron chi connectivity index (χ0n) is 23.5. The second-order valence-electron chi connectivity index (χ2n) is 11.1. The third-order valence-electron chi connectivity index (χ3n) is 7.80. The summed E-state index contributed by atoms with van der Waals surface area (Å²) in [4.78, 5) is 11.2. The molecule has 2 atom stereocenters. The highest BCUT2D eigenvalue weighted by Gasteiger charge is 2.32. The Bertz CT molecular complexity index is 1560. The number of sulfone groups is 1. The first kappa shape index (κ1) is 28.9. The van der Waals surface area contributed by atoms with Crippen molar-refractivity contribution in [2.24, 2.45) is 0 Å². The maximum atomic E-state index is 15.3. The lowest BCUT2D eigenvalue weighted by Crippen LogP contribution is -2.07. The molecule has 7 nitrogen and oxygen atoms in total. The van der Waals surface area contributed by atoms with E-state index in [0.29, 0.717) is 56.0 Å². The summed E-state index contributed by atoms with van der Waals surface area (Å²) in [6.45, 7) is 4.78. The summed E-state index contributed by atoms with van der Waals surface area (Å²) in [7, 11) is -2.97. The zero-order valence-corrected chi connectivity index (χ0v) is 24.4. The Morgan fingerprint density at radius 1 is 1.07 bits per heavy atom. The van der Waals surface area contributed by atoms with E-state index in [-0.39, 0.29) is 23.9 Å². The summed E-state index contributed by atoms with van der Waals surface area (Å²) in [5.74, 6) is 0.711. The molecule has 0 saturated heterocycles. The van der Waals surface area contributed by atoms with Gasteiger partial charge in [-0.15, -0.1) is 0 Å². The molecule has 0 radical (unpaired) electrons. The molecule has 3 aromatic rings. The Morgan fingerprint density at radius 2 is 1.83 bits per heavy atom. The molecule has 0 spiro atoms. The Labute approximate surface area is 240 Å². The number of carboxylic acid groups (broad SMARTS) is 1. The second-order valence-corrected chi connectivity index (χ2v) is 13.3. The van der Waals surface area contributed by atoms with Gasteiger partial charge in [0.25, 0.3) is 0 Å². The van der Waals surface area contributed by atoms with Gasteiger partial charge in [-0.05, 0) is 91.6 Å². The van der Waals surface area contributed by atoms with Gasteiger partial charge >= 0.3 is 5.97 Å². The molecule has 1 N–H and O–H groups in total. The Kier molecular flexibility index (Phi) is 8.27. The molecular formula is C32H35FO7S. The number of hydrogen-bond acceptors (Lipinski definition) is 6. The van der Waals surface area contributed by atoms with Crippen molar-refractivity contribution in [2.45, 2.75) is 58.0 Å². The van der Waals surface area contributed by atoms with Gasteiger partial charge in [0, 0.05) is 29.4 Å². The van der Waals surface area contributed by atoms with Crippen molar-refractivity contribution in [1.29, 1.82) is 0 Å². The van der Waals surface area contributed by atoms with Gasteiger partial charge in [0.05, 0.1) is 25.4 Å². The molecule has 0 aromatic heterocycles. The van der Waals surface area contributed by atoms with Crippen molar-refractivity contribution < 1.29 is 36.9 Å². The quantitative estimate of drug-likeness (QED) is 0.264. The van der Waals surface area contributed by atoms with Crippen molar-refractivity contribution in [3.63, 3.8) is 0 Å². The van der Waals surface area contributed by atoms with Crippen LogP contribution in [0.25, 0.3) is 11.1 Å². The molecule has 1 aliphatic heterocycles. The number of ether oxygens (including phenoxy) is 3. The lowest BCUT2D eigenvalue weighted by Gasteiger charge is -2.19. The van der Waals surface area contributed by atoms with Crippen LogP contribution in [0.2, 0.25) is 0 Å². The normalized spacial score (nSPS) is 17.6. The SMILES string of the molecule is Cc1cc(OCCCCS(C)(=O)=O)cc(C)c1-c1ccc(F)c2c1CCC2Oc1ccc2c(c1)OCC2CC(=O)O. The maximum absolute atomic E-state index is 15.3. The minimum atomic E-state index is -2.97. The van der Waals surface area contributed by atoms with Crippen molar-refractivity contribution in [1.82, 2.24) is 0 Å². The minimum absolute atomic E-state index is 0.00845. The maximum Gasteiger partial charge on any atom is 0.304 e. The molecule has 2 aliphatic rings. The molecule has 0 amide bonds. The summed E-state index contributed by atoms with van der Waals surface area (Å²) in [6, 6.07) is 12.7. The van der Waals surface area contributed by atoms with Crippen LogP contribution in [0.1, 0.15) is 65.5 Å². The van der Waals surface area contributed by atoms with Gasteiger partial charge in [-0.3, -0.25) is 4.79 Å². The summed E-state index contributed by atoms with van der Waals surface area (Å²) in [5.41, 5.74) is 6.42. The number of hydrogen-bond donors (Lipinski definition) is 1. The number of aryl methyl sites for hydroxylation is 2. The summed E-state index contributed by atoms with van der Waals surface area (Å²) in [5, 5.41) is 9.15. The van der Waals surface area contributed by atoms with E-state index in [1.807, 2.05) is 38.1 Å². The first-order chi connectivity index (χ1) is 19.5. The fourth-order valence-electron chi connectivity index (χ4n) is 5.99. The third-order valence-corrected chi connectivity index (χ3v) is 8.83. The Hall–Kier alpha value is -3.59. The number of aliphatic carboxylic acids is 1. The van der Waals surface area contributed by atoms with Gasteiger partial charge in [0.2, 0.25) is 0 Å². The highest BCUT2D eigenvalue weighted by molar-refractivity contribution is 7.90. The standard InChI is InChI=1S/C32H35FO7S/c1-19-14-23(38-12-4-5-13-41(3,36)37)15-20(2)31(19)25-8-10-27(33)32-26(25)9-11-28(32)40-22-6-7-24-21(16-30(34)35)18-39-29(24)17-22/h6-8,10,14-15,17,21,28H,4-5,9,11-13,16,18H2,1-3H3,(H,34,35). The first-order valence-electron chi connectivity index (χ1n) is 13.9. The Morgan fingerprint density at radius 3 is 2.54 bits per heavy atom. The van der Waals surface area contributed by atoms with Crippen LogP contribution in [0.5, 0.6) is 17.2 Å². The lowest BCUT2D eigenvalue weighted by atomic mass is 9.90. The van der Waals surface area contributed by atoms with Crippen molar-refractivity contribution in [2.75, 3.05) is 25.2 Å². The van der Waals surface area contributed by atoms with Crippen LogP contribution in [0.4, 0.5) is 4.39 Å². The minimum Gasteiger partial charge on any atom is -0.494 e. The summed E-state index contributed by atoms with van der Waals surface area (Å²) in [6.07, 6.45) is 3.32. The number of halogens is 1. The van der Waals surface area contributed by atoms with Crippen LogP contribution in [-0.4, -0.2) is 44.7 Å². The molecule has 5 rings (SSSR count). The average molecular weight is 583 g/mol. The van der Waals surface area contributed by atoms with Crippen LogP contribution in [-0.2, 0) is 21.1 Å². The van der Waals surface area contributed by atoms with Crippen LogP contribution in [0.15, 0.2) is 42.5 Å². The van der Waals surface area contributed by atoms with Crippen LogP contribution < -0.4 is 14.2 Å². The fraction of sp³-hybridized carbons (Fsp3) is 0.406. The van der Waals surface area contributed by atoms with E-state index in [9.17, 15) is 13.2 Å². The molecule has 0 fully saturated rings. The van der Waals surface area contributed by atoms with E-state index in [0.717, 1.165) is 39.1 Å². The van der Waals surface area contributed by atoms with E-state index in [1.165, 1.54) is 12.3 Å². The number of fused-ring (bicyclic) bond motifs is 2.